The fourth-order valence-electron chi connectivity index (χ4n) is 4.56. The van der Waals surface area contributed by atoms with E-state index in [0.717, 1.165) is 59.1 Å². The molecule has 4 rings (SSSR count). The van der Waals surface area contributed by atoms with Crippen LogP contribution < -0.4 is 14.8 Å². The smallest absolute Gasteiger partial charge is 0.221 e. The van der Waals surface area contributed by atoms with Crippen molar-refractivity contribution in [1.82, 2.24) is 9.88 Å². The zero-order chi connectivity index (χ0) is 22.7. The van der Waals surface area contributed by atoms with Gasteiger partial charge in [0.05, 0.1) is 19.8 Å². The van der Waals surface area contributed by atoms with Gasteiger partial charge >= 0.3 is 0 Å². The lowest BCUT2D eigenvalue weighted by Gasteiger charge is -2.35. The lowest BCUT2D eigenvalue weighted by atomic mass is 9.88. The Morgan fingerprint density at radius 3 is 2.84 bits per heavy atom. The van der Waals surface area contributed by atoms with E-state index in [9.17, 15) is 9.59 Å². The van der Waals surface area contributed by atoms with Crippen molar-refractivity contribution < 1.29 is 19.1 Å². The SMILES string of the molecule is CCOc1cc2c(cc1OC)CCN(C=O)C2CCc1c[nH]c2ccc(NC(C)=O)cc12. The maximum atomic E-state index is 11.9. The van der Waals surface area contributed by atoms with E-state index in [4.69, 9.17) is 9.47 Å². The Morgan fingerprint density at radius 2 is 2.12 bits per heavy atom. The molecular formula is C25H29N3O4. The van der Waals surface area contributed by atoms with Crippen molar-refractivity contribution in [3.63, 3.8) is 0 Å². The number of rotatable bonds is 8. The summed E-state index contributed by atoms with van der Waals surface area (Å²) in [6.07, 6.45) is 5.31. The number of aromatic nitrogens is 1. The van der Waals surface area contributed by atoms with Crippen LogP contribution in [0.1, 0.15) is 43.0 Å². The maximum absolute atomic E-state index is 11.9. The van der Waals surface area contributed by atoms with Gasteiger partial charge in [0.15, 0.2) is 11.5 Å². The van der Waals surface area contributed by atoms with Gasteiger partial charge in [0, 0.05) is 36.3 Å². The number of methoxy groups -OCH3 is 1. The van der Waals surface area contributed by atoms with E-state index in [1.165, 1.54) is 12.5 Å². The summed E-state index contributed by atoms with van der Waals surface area (Å²) in [5.74, 6) is 1.34. The second-order valence-corrected chi connectivity index (χ2v) is 8.04. The molecule has 1 aromatic heterocycles. The van der Waals surface area contributed by atoms with E-state index in [-0.39, 0.29) is 11.9 Å². The number of fused-ring (bicyclic) bond motifs is 2. The number of carbonyl (C=O) groups is 2. The fourth-order valence-corrected chi connectivity index (χ4v) is 4.56. The molecule has 0 aliphatic carbocycles. The average molecular weight is 436 g/mol. The molecule has 1 aliphatic rings. The van der Waals surface area contributed by atoms with Crippen molar-refractivity contribution in [1.29, 1.82) is 0 Å². The quantitative estimate of drug-likeness (QED) is 0.519. The van der Waals surface area contributed by atoms with Gasteiger partial charge in [-0.3, -0.25) is 9.59 Å². The molecule has 0 radical (unpaired) electrons. The van der Waals surface area contributed by atoms with Crippen molar-refractivity contribution in [3.05, 3.63) is 53.2 Å². The molecule has 0 spiro atoms. The standard InChI is InChI=1S/C25H29N3O4/c1-4-32-25-13-21-17(11-24(25)31-3)9-10-28(15-29)23(21)8-5-18-14-26-22-7-6-19(12-20(18)22)27-16(2)30/h6-7,11-15,23,26H,4-5,8-10H2,1-3H3,(H,27,30). The van der Waals surface area contributed by atoms with Gasteiger partial charge < -0.3 is 24.7 Å². The van der Waals surface area contributed by atoms with Gasteiger partial charge in [-0.1, -0.05) is 0 Å². The molecule has 32 heavy (non-hydrogen) atoms. The zero-order valence-electron chi connectivity index (χ0n) is 18.7. The Bertz CT molecular complexity index is 1140. The molecule has 0 saturated carbocycles. The van der Waals surface area contributed by atoms with Crippen LogP contribution in [0.25, 0.3) is 10.9 Å². The molecule has 2 amide bonds. The Balaban J connectivity index is 1.63. The predicted molar refractivity (Wildman–Crippen MR) is 124 cm³/mol. The number of carbonyl (C=O) groups excluding carboxylic acids is 2. The molecule has 7 heteroatoms. The van der Waals surface area contributed by atoms with E-state index in [1.807, 2.05) is 48.4 Å². The third kappa shape index (κ3) is 4.28. The number of aromatic amines is 1. The third-order valence-corrected chi connectivity index (χ3v) is 6.03. The van der Waals surface area contributed by atoms with E-state index in [1.54, 1.807) is 7.11 Å². The number of aryl methyl sites for hydroxylation is 1. The minimum Gasteiger partial charge on any atom is -0.493 e. The minimum absolute atomic E-state index is 0.0372. The predicted octanol–water partition coefficient (Wildman–Crippen LogP) is 4.22. The van der Waals surface area contributed by atoms with Crippen LogP contribution in [0.3, 0.4) is 0 Å². The first-order valence-corrected chi connectivity index (χ1v) is 11.0. The van der Waals surface area contributed by atoms with Crippen molar-refractivity contribution in [2.75, 3.05) is 25.6 Å². The first-order chi connectivity index (χ1) is 15.5. The van der Waals surface area contributed by atoms with Gasteiger partial charge in [-0.05, 0) is 73.2 Å². The Hall–Kier alpha value is -3.48. The van der Waals surface area contributed by atoms with E-state index < -0.39 is 0 Å². The summed E-state index contributed by atoms with van der Waals surface area (Å²) in [7, 11) is 1.65. The van der Waals surface area contributed by atoms with Crippen LogP contribution in [0.5, 0.6) is 11.5 Å². The van der Waals surface area contributed by atoms with E-state index >= 15 is 0 Å². The molecule has 0 fully saturated rings. The van der Waals surface area contributed by atoms with Crippen molar-refractivity contribution in [3.8, 4) is 11.5 Å². The number of amides is 2. The lowest BCUT2D eigenvalue weighted by molar-refractivity contribution is -0.121. The average Bonchev–Trinajstić information content (AvgIpc) is 3.19. The van der Waals surface area contributed by atoms with E-state index in [0.29, 0.717) is 18.9 Å². The summed E-state index contributed by atoms with van der Waals surface area (Å²) >= 11 is 0. The monoisotopic (exact) mass is 435 g/mol. The lowest BCUT2D eigenvalue weighted by Crippen LogP contribution is -2.34. The molecule has 3 aromatic rings. The van der Waals surface area contributed by atoms with Gasteiger partial charge in [-0.25, -0.2) is 0 Å². The Kier molecular flexibility index (Phi) is 6.35. The maximum Gasteiger partial charge on any atom is 0.221 e. The Morgan fingerprint density at radius 1 is 1.28 bits per heavy atom. The number of anilines is 1. The first kappa shape index (κ1) is 21.7. The molecule has 1 unspecified atom stereocenters. The number of ether oxygens (including phenoxy) is 2. The summed E-state index contributed by atoms with van der Waals surface area (Å²) in [6.45, 7) is 4.67. The van der Waals surface area contributed by atoms with E-state index in [2.05, 4.69) is 10.3 Å². The highest BCUT2D eigenvalue weighted by molar-refractivity contribution is 5.93. The summed E-state index contributed by atoms with van der Waals surface area (Å²) in [5, 5.41) is 3.92. The van der Waals surface area contributed by atoms with Crippen molar-refractivity contribution in [2.24, 2.45) is 0 Å². The van der Waals surface area contributed by atoms with Gasteiger partial charge in [0.25, 0.3) is 0 Å². The Labute approximate surface area is 187 Å². The minimum atomic E-state index is -0.0950. The molecule has 2 aromatic carbocycles. The summed E-state index contributed by atoms with van der Waals surface area (Å²) in [5.41, 5.74) is 5.26. The van der Waals surface area contributed by atoms with Crippen molar-refractivity contribution >= 4 is 28.9 Å². The molecular weight excluding hydrogens is 406 g/mol. The molecule has 1 aliphatic heterocycles. The number of hydrogen-bond acceptors (Lipinski definition) is 4. The highest BCUT2D eigenvalue weighted by Crippen LogP contribution is 2.40. The highest BCUT2D eigenvalue weighted by Gasteiger charge is 2.28. The van der Waals surface area contributed by atoms with Crippen LogP contribution in [0.15, 0.2) is 36.5 Å². The highest BCUT2D eigenvalue weighted by atomic mass is 16.5. The van der Waals surface area contributed by atoms with Crippen LogP contribution in [0.2, 0.25) is 0 Å². The van der Waals surface area contributed by atoms with Gasteiger partial charge in [0.2, 0.25) is 12.3 Å². The summed E-state index contributed by atoms with van der Waals surface area (Å²) < 4.78 is 11.3. The van der Waals surface area contributed by atoms with Gasteiger partial charge in [-0.15, -0.1) is 0 Å². The topological polar surface area (TPSA) is 83.7 Å². The second kappa shape index (κ2) is 9.34. The number of H-pyrrole nitrogens is 1. The van der Waals surface area contributed by atoms with Crippen LogP contribution in [-0.2, 0) is 22.4 Å². The van der Waals surface area contributed by atoms with Crippen molar-refractivity contribution in [2.45, 2.75) is 39.2 Å². The molecule has 168 valence electrons. The summed E-state index contributed by atoms with van der Waals surface area (Å²) in [6, 6.07) is 9.89. The molecule has 0 saturated heterocycles. The molecule has 1 atom stereocenters. The molecule has 2 N–H and O–H groups in total. The zero-order valence-corrected chi connectivity index (χ0v) is 18.7. The third-order valence-electron chi connectivity index (χ3n) is 6.03. The fraction of sp³-hybridized carbons (Fsp3) is 0.360. The second-order valence-electron chi connectivity index (χ2n) is 8.04. The number of hydrogen-bond donors (Lipinski definition) is 2. The number of benzene rings is 2. The largest absolute Gasteiger partial charge is 0.493 e. The first-order valence-electron chi connectivity index (χ1n) is 11.0. The van der Waals surface area contributed by atoms with Crippen LogP contribution in [0, 0.1) is 0 Å². The normalized spacial score (nSPS) is 15.3. The molecule has 0 bridgehead atoms. The number of nitrogens with zero attached hydrogens (tertiary/aromatic N) is 1. The summed E-state index contributed by atoms with van der Waals surface area (Å²) in [4.78, 5) is 28.5. The van der Waals surface area contributed by atoms with Crippen LogP contribution in [-0.4, -0.2) is 42.5 Å². The molecule has 7 nitrogen and oxygen atoms in total. The van der Waals surface area contributed by atoms with Crippen LogP contribution in [0.4, 0.5) is 5.69 Å². The number of nitrogens with one attached hydrogen (secondary N) is 2. The van der Waals surface area contributed by atoms with Gasteiger partial charge in [0.1, 0.15) is 0 Å². The molecule has 2 heterocycles. The van der Waals surface area contributed by atoms with Crippen LogP contribution >= 0.6 is 0 Å². The van der Waals surface area contributed by atoms with Gasteiger partial charge in [-0.2, -0.15) is 0 Å².